The number of aliphatic hydroxyl groups is 1. The number of amides is 4. The maximum absolute atomic E-state index is 13.8. The number of carbonyl (C=O) groups is 4. The SMILES string of the molecule is CC[C@H](NC(=O)OC(C)(C)C)C(=O)N[C@@H]1C(=O)N2[C@@H](CC[C@@H]1CO)CC[C@H]2C(=O)NCCc1ccc(OC)cc1. The molecule has 2 fully saturated rings. The fourth-order valence-corrected chi connectivity index (χ4v) is 5.37. The molecule has 40 heavy (non-hydrogen) atoms. The van der Waals surface area contributed by atoms with E-state index in [1.165, 1.54) is 0 Å². The molecule has 2 aliphatic heterocycles. The van der Waals surface area contributed by atoms with Crippen LogP contribution >= 0.6 is 0 Å². The highest BCUT2D eigenvalue weighted by Crippen LogP contribution is 2.34. The molecule has 0 bridgehead atoms. The van der Waals surface area contributed by atoms with E-state index in [0.29, 0.717) is 38.6 Å². The van der Waals surface area contributed by atoms with Crippen LogP contribution in [-0.2, 0) is 25.5 Å². The molecule has 1 aromatic carbocycles. The molecule has 0 aliphatic carbocycles. The van der Waals surface area contributed by atoms with Gasteiger partial charge in [0.1, 0.15) is 29.5 Å². The van der Waals surface area contributed by atoms with Crippen LogP contribution in [0.3, 0.4) is 0 Å². The lowest BCUT2D eigenvalue weighted by Crippen LogP contribution is -2.59. The summed E-state index contributed by atoms with van der Waals surface area (Å²) < 4.78 is 10.4. The highest BCUT2D eigenvalue weighted by Gasteiger charge is 2.47. The van der Waals surface area contributed by atoms with Crippen molar-refractivity contribution in [3.05, 3.63) is 29.8 Å². The molecule has 1 aromatic rings. The van der Waals surface area contributed by atoms with Crippen molar-refractivity contribution in [1.29, 1.82) is 0 Å². The van der Waals surface area contributed by atoms with Gasteiger partial charge in [-0.1, -0.05) is 19.1 Å². The number of methoxy groups -OCH3 is 1. The standard InChI is InChI=1S/C29H44N4O7/c1-6-22(31-28(38)40-29(2,3)4)25(35)32-24-19(17-34)9-10-20-11-14-23(33(20)27(24)37)26(36)30-16-15-18-7-12-21(39-5)13-8-18/h7-8,12-13,19-20,22-24,34H,6,9-11,14-17H2,1-5H3,(H,30,36)(H,31,38)(H,32,35)/t19-,20+,22+,23+,24+/m1/s1. The zero-order valence-electron chi connectivity index (χ0n) is 24.2. The molecule has 0 saturated carbocycles. The third-order valence-corrected chi connectivity index (χ3v) is 7.49. The second kappa shape index (κ2) is 13.8. The lowest BCUT2D eigenvalue weighted by molar-refractivity contribution is -0.144. The molecule has 0 aromatic heterocycles. The van der Waals surface area contributed by atoms with Crippen LogP contribution in [0.4, 0.5) is 4.79 Å². The Hall–Kier alpha value is -3.34. The number of nitrogens with one attached hydrogen (secondary N) is 3. The van der Waals surface area contributed by atoms with Gasteiger partial charge >= 0.3 is 6.09 Å². The smallest absolute Gasteiger partial charge is 0.408 e. The second-order valence-corrected chi connectivity index (χ2v) is 11.5. The van der Waals surface area contributed by atoms with Crippen LogP contribution in [0.15, 0.2) is 24.3 Å². The Labute approximate surface area is 236 Å². The Morgan fingerprint density at radius 3 is 2.38 bits per heavy atom. The Morgan fingerprint density at radius 1 is 1.10 bits per heavy atom. The number of alkyl carbamates (subject to hydrolysis) is 1. The maximum atomic E-state index is 13.8. The summed E-state index contributed by atoms with van der Waals surface area (Å²) in [5, 5.41) is 18.4. The fourth-order valence-electron chi connectivity index (χ4n) is 5.37. The van der Waals surface area contributed by atoms with Gasteiger partial charge in [-0.15, -0.1) is 0 Å². The van der Waals surface area contributed by atoms with Gasteiger partial charge in [-0.05, 0) is 77.0 Å². The summed E-state index contributed by atoms with van der Waals surface area (Å²) >= 11 is 0. The number of carbonyl (C=O) groups excluding carboxylic acids is 4. The van der Waals surface area contributed by atoms with E-state index in [-0.39, 0.29) is 30.9 Å². The van der Waals surface area contributed by atoms with E-state index in [4.69, 9.17) is 9.47 Å². The number of hydrogen-bond donors (Lipinski definition) is 4. The van der Waals surface area contributed by atoms with Crippen molar-refractivity contribution in [1.82, 2.24) is 20.9 Å². The number of fused-ring (bicyclic) bond motifs is 1. The van der Waals surface area contributed by atoms with E-state index < -0.39 is 41.6 Å². The minimum absolute atomic E-state index is 0.136. The molecule has 4 N–H and O–H groups in total. The van der Waals surface area contributed by atoms with Crippen molar-refractivity contribution < 1.29 is 33.8 Å². The van der Waals surface area contributed by atoms with Gasteiger partial charge in [0.2, 0.25) is 17.7 Å². The molecule has 4 amide bonds. The van der Waals surface area contributed by atoms with Crippen molar-refractivity contribution in [3.63, 3.8) is 0 Å². The molecule has 2 saturated heterocycles. The van der Waals surface area contributed by atoms with E-state index >= 15 is 0 Å². The van der Waals surface area contributed by atoms with Crippen LogP contribution in [0.1, 0.15) is 65.4 Å². The Kier molecular flexibility index (Phi) is 10.8. The highest BCUT2D eigenvalue weighted by molar-refractivity contribution is 5.94. The van der Waals surface area contributed by atoms with Crippen LogP contribution in [-0.4, -0.2) is 83.9 Å². The van der Waals surface area contributed by atoms with Crippen LogP contribution in [0, 0.1) is 5.92 Å². The maximum Gasteiger partial charge on any atom is 0.408 e. The average Bonchev–Trinajstić information content (AvgIpc) is 3.29. The molecule has 0 unspecified atom stereocenters. The summed E-state index contributed by atoms with van der Waals surface area (Å²) in [6, 6.07) is 4.91. The predicted molar refractivity (Wildman–Crippen MR) is 149 cm³/mol. The van der Waals surface area contributed by atoms with Gasteiger partial charge < -0.3 is 35.4 Å². The predicted octanol–water partition coefficient (Wildman–Crippen LogP) is 1.90. The largest absolute Gasteiger partial charge is 0.497 e. The molecule has 3 rings (SSSR count). The number of benzene rings is 1. The molecule has 2 heterocycles. The van der Waals surface area contributed by atoms with Crippen molar-refractivity contribution >= 4 is 23.8 Å². The van der Waals surface area contributed by atoms with Gasteiger partial charge in [0, 0.05) is 25.1 Å². The lowest BCUT2D eigenvalue weighted by atomic mass is 9.93. The number of nitrogens with zero attached hydrogens (tertiary/aromatic N) is 1. The molecule has 222 valence electrons. The zero-order valence-corrected chi connectivity index (χ0v) is 24.2. The molecule has 2 aliphatic rings. The van der Waals surface area contributed by atoms with Crippen LogP contribution in [0.2, 0.25) is 0 Å². The Morgan fingerprint density at radius 2 is 1.77 bits per heavy atom. The normalized spacial score (nSPS) is 23.4. The first-order valence-electron chi connectivity index (χ1n) is 14.1. The van der Waals surface area contributed by atoms with Crippen molar-refractivity contribution in [3.8, 4) is 5.75 Å². The van der Waals surface area contributed by atoms with E-state index in [0.717, 1.165) is 11.3 Å². The van der Waals surface area contributed by atoms with Gasteiger partial charge in [0.15, 0.2) is 0 Å². The molecule has 0 radical (unpaired) electrons. The average molecular weight is 561 g/mol. The van der Waals surface area contributed by atoms with Gasteiger partial charge in [-0.3, -0.25) is 14.4 Å². The van der Waals surface area contributed by atoms with Gasteiger partial charge in [0.05, 0.1) is 7.11 Å². The van der Waals surface area contributed by atoms with Crippen LogP contribution < -0.4 is 20.7 Å². The van der Waals surface area contributed by atoms with Crippen LogP contribution in [0.25, 0.3) is 0 Å². The summed E-state index contributed by atoms with van der Waals surface area (Å²) in [7, 11) is 1.61. The molecular weight excluding hydrogens is 516 g/mol. The van der Waals surface area contributed by atoms with E-state index in [2.05, 4.69) is 16.0 Å². The first-order chi connectivity index (χ1) is 19.0. The topological polar surface area (TPSA) is 146 Å². The monoisotopic (exact) mass is 560 g/mol. The third-order valence-electron chi connectivity index (χ3n) is 7.49. The minimum Gasteiger partial charge on any atom is -0.497 e. The molecule has 11 heteroatoms. The molecular formula is C29H44N4O7. The second-order valence-electron chi connectivity index (χ2n) is 11.5. The first-order valence-corrected chi connectivity index (χ1v) is 14.1. The van der Waals surface area contributed by atoms with Gasteiger partial charge in [0.25, 0.3) is 0 Å². The summed E-state index contributed by atoms with van der Waals surface area (Å²) in [5.41, 5.74) is 0.322. The quantitative estimate of drug-likeness (QED) is 0.342. The number of ether oxygens (including phenoxy) is 2. The van der Waals surface area contributed by atoms with E-state index in [1.54, 1.807) is 39.7 Å². The summed E-state index contributed by atoms with van der Waals surface area (Å²) in [6.45, 7) is 7.04. The highest BCUT2D eigenvalue weighted by atomic mass is 16.6. The third kappa shape index (κ3) is 8.09. The van der Waals surface area contributed by atoms with Crippen molar-refractivity contribution in [2.45, 2.75) is 96.0 Å². The zero-order chi connectivity index (χ0) is 29.4. The van der Waals surface area contributed by atoms with Crippen molar-refractivity contribution in [2.24, 2.45) is 5.92 Å². The molecule has 5 atom stereocenters. The van der Waals surface area contributed by atoms with Crippen molar-refractivity contribution in [2.75, 3.05) is 20.3 Å². The van der Waals surface area contributed by atoms with Gasteiger partial charge in [-0.25, -0.2) is 4.79 Å². The first kappa shape index (κ1) is 31.2. The summed E-state index contributed by atoms with van der Waals surface area (Å²) in [6.07, 6.45) is 2.55. The fraction of sp³-hybridized carbons (Fsp3) is 0.655. The number of hydrogen-bond acceptors (Lipinski definition) is 7. The summed E-state index contributed by atoms with van der Waals surface area (Å²) in [4.78, 5) is 54.0. The van der Waals surface area contributed by atoms with Gasteiger partial charge in [-0.2, -0.15) is 0 Å². The molecule has 11 nitrogen and oxygen atoms in total. The Balaban J connectivity index is 1.66. The number of aliphatic hydroxyl groups excluding tert-OH is 1. The summed E-state index contributed by atoms with van der Waals surface area (Å²) in [5.74, 6) is -0.883. The van der Waals surface area contributed by atoms with Crippen LogP contribution in [0.5, 0.6) is 5.75 Å². The lowest BCUT2D eigenvalue weighted by Gasteiger charge is -2.32. The molecule has 0 spiro atoms. The van der Waals surface area contributed by atoms with E-state index in [1.807, 2.05) is 24.3 Å². The number of rotatable bonds is 10. The minimum atomic E-state index is -1.01. The van der Waals surface area contributed by atoms with E-state index in [9.17, 15) is 24.3 Å². The Bertz CT molecular complexity index is 1040.